The fourth-order valence-electron chi connectivity index (χ4n) is 2.43. The van der Waals surface area contributed by atoms with E-state index < -0.39 is 0 Å². The Morgan fingerprint density at radius 2 is 1.89 bits per heavy atom. The number of hydrogen-bond donors (Lipinski definition) is 1. The Bertz CT molecular complexity index is 913. The summed E-state index contributed by atoms with van der Waals surface area (Å²) in [6.45, 7) is 0.653. The Kier molecular flexibility index (Phi) is 5.99. The molecule has 0 aliphatic carbocycles. The lowest BCUT2D eigenvalue weighted by Crippen LogP contribution is -2.22. The van der Waals surface area contributed by atoms with Crippen LogP contribution in [0.1, 0.15) is 21.5 Å². The minimum absolute atomic E-state index is 0.210. The summed E-state index contributed by atoms with van der Waals surface area (Å²) >= 11 is 0. The van der Waals surface area contributed by atoms with E-state index in [1.54, 1.807) is 55.8 Å². The topological polar surface area (TPSA) is 60.5 Å². The molecule has 1 N–H and O–H groups in total. The molecule has 3 rings (SSSR count). The number of carbonyl (C=O) groups excluding carboxylic acids is 1. The molecule has 0 saturated carbocycles. The highest BCUT2D eigenvalue weighted by Crippen LogP contribution is 2.16. The van der Waals surface area contributed by atoms with Gasteiger partial charge in [0.2, 0.25) is 5.88 Å². The van der Waals surface area contributed by atoms with Crippen LogP contribution in [0, 0.1) is 5.82 Å². The van der Waals surface area contributed by atoms with Crippen molar-refractivity contribution in [1.29, 1.82) is 0 Å². The van der Waals surface area contributed by atoms with Crippen LogP contribution < -0.4 is 14.8 Å². The van der Waals surface area contributed by atoms with Crippen molar-refractivity contribution in [2.75, 3.05) is 7.11 Å². The average molecular weight is 366 g/mol. The number of hydrogen-bond acceptors (Lipinski definition) is 4. The van der Waals surface area contributed by atoms with Crippen LogP contribution in [0.25, 0.3) is 0 Å². The fourth-order valence-corrected chi connectivity index (χ4v) is 2.43. The standard InChI is InChI=1S/C21H19FN2O3/c1-26-20-11-16(9-10-23-20)13-24-21(25)17-3-2-4-19(12-17)27-14-15-5-7-18(22)8-6-15/h2-12H,13-14H2,1H3,(H,24,25). The number of methoxy groups -OCH3 is 1. The highest BCUT2D eigenvalue weighted by atomic mass is 19.1. The molecule has 138 valence electrons. The van der Waals surface area contributed by atoms with Gasteiger partial charge in [-0.25, -0.2) is 9.37 Å². The Balaban J connectivity index is 1.58. The van der Waals surface area contributed by atoms with Gasteiger partial charge in [0.1, 0.15) is 18.2 Å². The van der Waals surface area contributed by atoms with Gasteiger partial charge >= 0.3 is 0 Å². The second-order valence-electron chi connectivity index (χ2n) is 5.83. The summed E-state index contributed by atoms with van der Waals surface area (Å²) in [7, 11) is 1.54. The smallest absolute Gasteiger partial charge is 0.251 e. The van der Waals surface area contributed by atoms with E-state index in [1.807, 2.05) is 6.07 Å². The molecule has 0 aliphatic heterocycles. The van der Waals surface area contributed by atoms with Crippen molar-refractivity contribution in [3.05, 3.63) is 89.4 Å². The maximum Gasteiger partial charge on any atom is 0.251 e. The quantitative estimate of drug-likeness (QED) is 0.692. The van der Waals surface area contributed by atoms with E-state index in [2.05, 4.69) is 10.3 Å². The lowest BCUT2D eigenvalue weighted by Gasteiger charge is -2.09. The molecule has 0 radical (unpaired) electrons. The molecular formula is C21H19FN2O3. The van der Waals surface area contributed by atoms with Gasteiger partial charge < -0.3 is 14.8 Å². The van der Waals surface area contributed by atoms with Gasteiger partial charge in [0.15, 0.2) is 0 Å². The van der Waals surface area contributed by atoms with Crippen LogP contribution in [0.3, 0.4) is 0 Å². The van der Waals surface area contributed by atoms with Crippen LogP contribution in [0.4, 0.5) is 4.39 Å². The molecule has 0 saturated heterocycles. The van der Waals surface area contributed by atoms with Crippen molar-refractivity contribution in [3.63, 3.8) is 0 Å². The molecule has 3 aromatic rings. The first-order valence-corrected chi connectivity index (χ1v) is 8.38. The van der Waals surface area contributed by atoms with Crippen molar-refractivity contribution < 1.29 is 18.7 Å². The Labute approximate surface area is 156 Å². The van der Waals surface area contributed by atoms with Crippen LogP contribution in [-0.4, -0.2) is 18.0 Å². The molecule has 6 heteroatoms. The van der Waals surface area contributed by atoms with E-state index in [0.717, 1.165) is 11.1 Å². The Morgan fingerprint density at radius 3 is 2.67 bits per heavy atom. The number of nitrogens with one attached hydrogen (secondary N) is 1. The normalized spacial score (nSPS) is 10.3. The van der Waals surface area contributed by atoms with E-state index in [-0.39, 0.29) is 11.7 Å². The highest BCUT2D eigenvalue weighted by Gasteiger charge is 2.07. The summed E-state index contributed by atoms with van der Waals surface area (Å²) in [6, 6.07) is 16.6. The van der Waals surface area contributed by atoms with E-state index in [9.17, 15) is 9.18 Å². The zero-order valence-corrected chi connectivity index (χ0v) is 14.8. The summed E-state index contributed by atoms with van der Waals surface area (Å²) in [5, 5.41) is 2.85. The monoisotopic (exact) mass is 366 g/mol. The van der Waals surface area contributed by atoms with Gasteiger partial charge in [0.25, 0.3) is 5.91 Å². The zero-order valence-electron chi connectivity index (χ0n) is 14.8. The van der Waals surface area contributed by atoms with Gasteiger partial charge in [0.05, 0.1) is 7.11 Å². The fraction of sp³-hybridized carbons (Fsp3) is 0.143. The third-order valence-corrected chi connectivity index (χ3v) is 3.88. The van der Waals surface area contributed by atoms with Crippen molar-refractivity contribution in [2.24, 2.45) is 0 Å². The first-order chi connectivity index (χ1) is 13.1. The zero-order chi connectivity index (χ0) is 19.1. The van der Waals surface area contributed by atoms with Gasteiger partial charge in [-0.3, -0.25) is 4.79 Å². The largest absolute Gasteiger partial charge is 0.489 e. The number of ether oxygens (including phenoxy) is 2. The van der Waals surface area contributed by atoms with Gasteiger partial charge in [-0.05, 0) is 47.5 Å². The van der Waals surface area contributed by atoms with Crippen LogP contribution in [0.5, 0.6) is 11.6 Å². The predicted molar refractivity (Wildman–Crippen MR) is 99.1 cm³/mol. The molecule has 27 heavy (non-hydrogen) atoms. The SMILES string of the molecule is COc1cc(CNC(=O)c2cccc(OCc3ccc(F)cc3)c2)ccn1. The first kappa shape index (κ1) is 18.4. The summed E-state index contributed by atoms with van der Waals surface area (Å²) in [4.78, 5) is 16.4. The number of benzene rings is 2. The number of carbonyl (C=O) groups is 1. The molecule has 0 unspecified atom stereocenters. The van der Waals surface area contributed by atoms with Crippen molar-refractivity contribution in [1.82, 2.24) is 10.3 Å². The molecule has 1 heterocycles. The van der Waals surface area contributed by atoms with Gasteiger partial charge in [-0.1, -0.05) is 18.2 Å². The molecule has 2 aromatic carbocycles. The summed E-state index contributed by atoms with van der Waals surface area (Å²) in [5.74, 6) is 0.567. The van der Waals surface area contributed by atoms with E-state index in [0.29, 0.717) is 30.3 Å². The lowest BCUT2D eigenvalue weighted by molar-refractivity contribution is 0.0950. The second-order valence-corrected chi connectivity index (χ2v) is 5.83. The Hall–Kier alpha value is -3.41. The molecule has 5 nitrogen and oxygen atoms in total. The van der Waals surface area contributed by atoms with Crippen molar-refractivity contribution in [2.45, 2.75) is 13.2 Å². The highest BCUT2D eigenvalue weighted by molar-refractivity contribution is 5.94. The second kappa shape index (κ2) is 8.80. The van der Waals surface area contributed by atoms with Crippen LogP contribution >= 0.6 is 0 Å². The molecule has 1 amide bonds. The van der Waals surface area contributed by atoms with E-state index in [1.165, 1.54) is 12.1 Å². The number of halogens is 1. The van der Waals surface area contributed by atoms with Crippen LogP contribution in [0.2, 0.25) is 0 Å². The molecule has 0 aliphatic rings. The summed E-state index contributed by atoms with van der Waals surface area (Å²) in [6.07, 6.45) is 1.63. The molecular weight excluding hydrogens is 347 g/mol. The third kappa shape index (κ3) is 5.28. The maximum absolute atomic E-state index is 12.9. The number of pyridine rings is 1. The van der Waals surface area contributed by atoms with Gasteiger partial charge in [-0.2, -0.15) is 0 Å². The maximum atomic E-state index is 12.9. The summed E-state index contributed by atoms with van der Waals surface area (Å²) < 4.78 is 23.7. The molecule has 1 aromatic heterocycles. The molecule has 0 atom stereocenters. The third-order valence-electron chi connectivity index (χ3n) is 3.88. The number of amides is 1. The molecule has 0 fully saturated rings. The van der Waals surface area contributed by atoms with E-state index in [4.69, 9.17) is 9.47 Å². The van der Waals surface area contributed by atoms with Crippen molar-refractivity contribution in [3.8, 4) is 11.6 Å². The molecule has 0 spiro atoms. The minimum atomic E-state index is -0.288. The molecule has 0 bridgehead atoms. The summed E-state index contributed by atoms with van der Waals surface area (Å²) in [5.41, 5.74) is 2.23. The van der Waals surface area contributed by atoms with Gasteiger partial charge in [0, 0.05) is 24.4 Å². The number of rotatable bonds is 7. The predicted octanol–water partition coefficient (Wildman–Crippen LogP) is 3.74. The van der Waals surface area contributed by atoms with Crippen LogP contribution in [0.15, 0.2) is 66.9 Å². The van der Waals surface area contributed by atoms with Gasteiger partial charge in [-0.15, -0.1) is 0 Å². The lowest BCUT2D eigenvalue weighted by atomic mass is 10.2. The van der Waals surface area contributed by atoms with Crippen LogP contribution in [-0.2, 0) is 13.2 Å². The van der Waals surface area contributed by atoms with E-state index >= 15 is 0 Å². The average Bonchev–Trinajstić information content (AvgIpc) is 2.72. The number of aromatic nitrogens is 1. The minimum Gasteiger partial charge on any atom is -0.489 e. The first-order valence-electron chi connectivity index (χ1n) is 8.38. The Morgan fingerprint density at radius 1 is 1.07 bits per heavy atom. The van der Waals surface area contributed by atoms with Crippen molar-refractivity contribution >= 4 is 5.91 Å². The number of nitrogens with zero attached hydrogens (tertiary/aromatic N) is 1.